The summed E-state index contributed by atoms with van der Waals surface area (Å²) in [6.45, 7) is 0.0332. The van der Waals surface area contributed by atoms with Crippen molar-refractivity contribution in [3.8, 4) is 0 Å². The van der Waals surface area contributed by atoms with Crippen LogP contribution in [0.1, 0.15) is 10.4 Å². The molecule has 4 heteroatoms. The van der Waals surface area contributed by atoms with Crippen molar-refractivity contribution in [1.29, 1.82) is 0 Å². The molecule has 1 N–H and O–H groups in total. The van der Waals surface area contributed by atoms with Gasteiger partial charge in [0.2, 0.25) is 0 Å². The quantitative estimate of drug-likeness (QED) is 0.590. The summed E-state index contributed by atoms with van der Waals surface area (Å²) in [4.78, 5) is 28.2. The average Bonchev–Trinajstić information content (AvgIpc) is 3.02. The number of fused-ring (bicyclic) bond motifs is 2. The zero-order valence-corrected chi connectivity index (χ0v) is 12.3. The zero-order chi connectivity index (χ0) is 15.8. The van der Waals surface area contributed by atoms with Crippen molar-refractivity contribution in [3.63, 3.8) is 0 Å². The van der Waals surface area contributed by atoms with Crippen LogP contribution in [0.25, 0.3) is 21.7 Å². The fourth-order valence-electron chi connectivity index (χ4n) is 2.90. The Morgan fingerprint density at radius 1 is 0.957 bits per heavy atom. The summed E-state index contributed by atoms with van der Waals surface area (Å²) in [5.74, 6) is -0.0835. The van der Waals surface area contributed by atoms with Gasteiger partial charge in [0.15, 0.2) is 5.78 Å². The molecule has 0 spiro atoms. The van der Waals surface area contributed by atoms with Crippen LogP contribution in [-0.2, 0) is 6.54 Å². The second-order valence-corrected chi connectivity index (χ2v) is 5.51. The first-order valence-corrected chi connectivity index (χ1v) is 7.41. The standard InChI is InChI=1S/C19H14N2O2/c22-18(16-11-20-17-8-4-3-7-15(16)17)12-21-10-9-13-5-1-2-6-14(13)19(21)23/h1-11,20H,12H2. The van der Waals surface area contributed by atoms with Crippen LogP contribution in [0.5, 0.6) is 0 Å². The van der Waals surface area contributed by atoms with Gasteiger partial charge in [-0.25, -0.2) is 0 Å². The first kappa shape index (κ1) is 13.5. The predicted octanol–water partition coefficient (Wildman–Crippen LogP) is 3.37. The lowest BCUT2D eigenvalue weighted by molar-refractivity contribution is 0.0972. The highest BCUT2D eigenvalue weighted by Gasteiger charge is 2.13. The molecule has 0 aliphatic rings. The lowest BCUT2D eigenvalue weighted by atomic mass is 10.1. The van der Waals surface area contributed by atoms with E-state index in [0.29, 0.717) is 10.9 Å². The van der Waals surface area contributed by atoms with Crippen molar-refractivity contribution in [3.05, 3.63) is 82.9 Å². The number of rotatable bonds is 3. The highest BCUT2D eigenvalue weighted by molar-refractivity contribution is 6.07. The number of H-pyrrole nitrogens is 1. The Morgan fingerprint density at radius 3 is 2.57 bits per heavy atom. The molecule has 4 aromatic rings. The number of para-hydroxylation sites is 1. The zero-order valence-electron chi connectivity index (χ0n) is 12.3. The van der Waals surface area contributed by atoms with Crippen LogP contribution in [0, 0.1) is 0 Å². The van der Waals surface area contributed by atoms with Crippen molar-refractivity contribution in [1.82, 2.24) is 9.55 Å². The molecule has 0 fully saturated rings. The molecule has 0 bridgehead atoms. The van der Waals surface area contributed by atoms with Crippen molar-refractivity contribution in [2.24, 2.45) is 0 Å². The van der Waals surface area contributed by atoms with Gasteiger partial charge in [-0.15, -0.1) is 0 Å². The number of nitrogens with zero attached hydrogens (tertiary/aromatic N) is 1. The Labute approximate surface area is 132 Å². The number of benzene rings is 2. The van der Waals surface area contributed by atoms with E-state index in [4.69, 9.17) is 0 Å². The number of nitrogens with one attached hydrogen (secondary N) is 1. The molecule has 23 heavy (non-hydrogen) atoms. The van der Waals surface area contributed by atoms with E-state index in [-0.39, 0.29) is 17.9 Å². The number of Topliss-reactive ketones (excluding diaryl/α,β-unsaturated/α-hetero) is 1. The van der Waals surface area contributed by atoms with Crippen molar-refractivity contribution in [2.45, 2.75) is 6.54 Å². The van der Waals surface area contributed by atoms with Gasteiger partial charge in [0.25, 0.3) is 5.56 Å². The molecule has 4 nitrogen and oxygen atoms in total. The third-order valence-electron chi connectivity index (χ3n) is 4.09. The Bertz CT molecular complexity index is 1090. The van der Waals surface area contributed by atoms with Crippen LogP contribution in [0.2, 0.25) is 0 Å². The fourth-order valence-corrected chi connectivity index (χ4v) is 2.90. The molecule has 0 atom stereocenters. The van der Waals surface area contributed by atoms with Gasteiger partial charge in [0.05, 0.1) is 6.54 Å². The summed E-state index contributed by atoms with van der Waals surface area (Å²) in [6.07, 6.45) is 3.39. The lowest BCUT2D eigenvalue weighted by Gasteiger charge is -2.06. The van der Waals surface area contributed by atoms with Gasteiger partial charge >= 0.3 is 0 Å². The topological polar surface area (TPSA) is 54.9 Å². The minimum atomic E-state index is -0.142. The van der Waals surface area contributed by atoms with Crippen LogP contribution in [0.4, 0.5) is 0 Å². The van der Waals surface area contributed by atoms with Crippen LogP contribution >= 0.6 is 0 Å². The molecule has 2 aromatic carbocycles. The van der Waals surface area contributed by atoms with Crippen LogP contribution in [-0.4, -0.2) is 15.3 Å². The summed E-state index contributed by atoms with van der Waals surface area (Å²) in [5, 5.41) is 2.39. The maximum absolute atomic E-state index is 12.6. The molecular weight excluding hydrogens is 288 g/mol. The molecule has 112 valence electrons. The van der Waals surface area contributed by atoms with Gasteiger partial charge in [-0.1, -0.05) is 36.4 Å². The molecule has 2 aromatic heterocycles. The third kappa shape index (κ3) is 2.25. The van der Waals surface area contributed by atoms with Gasteiger partial charge in [-0.05, 0) is 23.6 Å². The number of hydrogen-bond donors (Lipinski definition) is 1. The summed E-state index contributed by atoms with van der Waals surface area (Å²) in [5.41, 5.74) is 1.39. The largest absolute Gasteiger partial charge is 0.360 e. The maximum Gasteiger partial charge on any atom is 0.258 e. The van der Waals surface area contributed by atoms with E-state index in [0.717, 1.165) is 16.3 Å². The van der Waals surface area contributed by atoms with Gasteiger partial charge in [-0.3, -0.25) is 9.59 Å². The molecule has 2 heterocycles. The number of carbonyl (C=O) groups is 1. The van der Waals surface area contributed by atoms with E-state index >= 15 is 0 Å². The van der Waals surface area contributed by atoms with Crippen LogP contribution in [0.3, 0.4) is 0 Å². The Balaban J connectivity index is 1.74. The van der Waals surface area contributed by atoms with Gasteiger partial charge < -0.3 is 9.55 Å². The minimum Gasteiger partial charge on any atom is -0.360 e. The summed E-state index contributed by atoms with van der Waals surface area (Å²) in [7, 11) is 0. The first-order chi connectivity index (χ1) is 11.2. The second kappa shape index (κ2) is 5.25. The SMILES string of the molecule is O=C(Cn1ccc2ccccc2c1=O)c1c[nH]c2ccccc12. The molecule has 0 radical (unpaired) electrons. The lowest BCUT2D eigenvalue weighted by Crippen LogP contribution is -2.23. The molecule has 0 saturated carbocycles. The molecule has 0 aliphatic carbocycles. The van der Waals surface area contributed by atoms with Gasteiger partial charge in [0, 0.05) is 34.2 Å². The van der Waals surface area contributed by atoms with E-state index in [1.807, 2.05) is 48.5 Å². The molecule has 0 aliphatic heterocycles. The van der Waals surface area contributed by atoms with Crippen LogP contribution < -0.4 is 5.56 Å². The average molecular weight is 302 g/mol. The monoisotopic (exact) mass is 302 g/mol. The van der Waals surface area contributed by atoms with Crippen molar-refractivity contribution >= 4 is 27.5 Å². The van der Waals surface area contributed by atoms with Crippen molar-refractivity contribution in [2.75, 3.05) is 0 Å². The first-order valence-electron chi connectivity index (χ1n) is 7.41. The third-order valence-corrected chi connectivity index (χ3v) is 4.09. The number of pyridine rings is 1. The smallest absolute Gasteiger partial charge is 0.258 e. The highest BCUT2D eigenvalue weighted by atomic mass is 16.1. The maximum atomic E-state index is 12.6. The molecule has 0 amide bonds. The normalized spacial score (nSPS) is 11.1. The fraction of sp³-hybridized carbons (Fsp3) is 0.0526. The molecule has 0 unspecified atom stereocenters. The van der Waals surface area contributed by atoms with Gasteiger partial charge in [-0.2, -0.15) is 0 Å². The van der Waals surface area contributed by atoms with Gasteiger partial charge in [0.1, 0.15) is 0 Å². The molecular formula is C19H14N2O2. The van der Waals surface area contributed by atoms with Crippen LogP contribution in [0.15, 0.2) is 71.8 Å². The van der Waals surface area contributed by atoms with E-state index in [2.05, 4.69) is 4.98 Å². The summed E-state index contributed by atoms with van der Waals surface area (Å²) in [6, 6.07) is 16.9. The number of carbonyl (C=O) groups excluding carboxylic acids is 1. The summed E-state index contributed by atoms with van der Waals surface area (Å²) < 4.78 is 1.46. The summed E-state index contributed by atoms with van der Waals surface area (Å²) >= 11 is 0. The number of aromatic amines is 1. The van der Waals surface area contributed by atoms with Crippen molar-refractivity contribution < 1.29 is 4.79 Å². The second-order valence-electron chi connectivity index (χ2n) is 5.51. The van der Waals surface area contributed by atoms with E-state index < -0.39 is 0 Å². The Hall–Kier alpha value is -3.14. The number of ketones is 1. The molecule has 4 rings (SSSR count). The predicted molar refractivity (Wildman–Crippen MR) is 90.8 cm³/mol. The number of hydrogen-bond acceptors (Lipinski definition) is 2. The Kier molecular flexibility index (Phi) is 3.08. The Morgan fingerprint density at radius 2 is 1.70 bits per heavy atom. The van der Waals surface area contributed by atoms with E-state index in [1.54, 1.807) is 18.5 Å². The minimum absolute atomic E-state index is 0.0332. The van der Waals surface area contributed by atoms with E-state index in [9.17, 15) is 9.59 Å². The highest BCUT2D eigenvalue weighted by Crippen LogP contribution is 2.18. The van der Waals surface area contributed by atoms with E-state index in [1.165, 1.54) is 4.57 Å². The number of aromatic nitrogens is 2. The molecule has 0 saturated heterocycles.